The van der Waals surface area contributed by atoms with E-state index in [1.165, 1.54) is 83.5 Å². The summed E-state index contributed by atoms with van der Waals surface area (Å²) in [4.78, 5) is 24.0. The quantitative estimate of drug-likeness (QED) is 0.0854. The Hall–Kier alpha value is -1.10. The molecule has 37 heavy (non-hydrogen) atoms. The van der Waals surface area contributed by atoms with Crippen molar-refractivity contribution in [3.8, 4) is 0 Å². The minimum atomic E-state index is -0.761. The molecule has 0 heterocycles. The van der Waals surface area contributed by atoms with Gasteiger partial charge in [0, 0.05) is 12.8 Å². The molecule has 0 saturated carbocycles. The monoisotopic (exact) mass is 526 g/mol. The van der Waals surface area contributed by atoms with Gasteiger partial charge in [-0.25, -0.2) is 0 Å². The molecular weight excluding hydrogens is 464 g/mol. The van der Waals surface area contributed by atoms with Crippen molar-refractivity contribution in [1.29, 1.82) is 0 Å². The van der Waals surface area contributed by atoms with Crippen LogP contribution in [-0.2, 0) is 19.1 Å². The minimum Gasteiger partial charge on any atom is -0.462 e. The van der Waals surface area contributed by atoms with E-state index in [0.29, 0.717) is 12.8 Å². The van der Waals surface area contributed by atoms with Gasteiger partial charge in [0.05, 0.1) is 6.61 Å². The second kappa shape index (κ2) is 26.5. The van der Waals surface area contributed by atoms with Crippen LogP contribution in [-0.4, -0.2) is 36.4 Å². The number of carbonyl (C=O) groups is 2. The standard InChI is InChI=1S/C32H62O5/c1-28(2)22-18-14-10-6-5-7-12-16-20-24-31(34)36-27-30(26-33)37-32(35)25-21-17-13-9-8-11-15-19-23-29(3)4/h28-30,33H,5-27H2,1-4H3/t30-/m0/s1. The van der Waals surface area contributed by atoms with Gasteiger partial charge in [-0.2, -0.15) is 0 Å². The van der Waals surface area contributed by atoms with Gasteiger partial charge in [-0.15, -0.1) is 0 Å². The van der Waals surface area contributed by atoms with Crippen LogP contribution >= 0.6 is 0 Å². The topological polar surface area (TPSA) is 72.8 Å². The fraction of sp³-hybridized carbons (Fsp3) is 0.938. The summed E-state index contributed by atoms with van der Waals surface area (Å²) < 4.78 is 10.5. The van der Waals surface area contributed by atoms with Crippen LogP contribution in [0.3, 0.4) is 0 Å². The number of hydrogen-bond donors (Lipinski definition) is 1. The fourth-order valence-electron chi connectivity index (χ4n) is 4.57. The Balaban J connectivity index is 3.58. The molecule has 0 aliphatic carbocycles. The van der Waals surface area contributed by atoms with E-state index in [2.05, 4.69) is 27.7 Å². The molecule has 220 valence electrons. The van der Waals surface area contributed by atoms with E-state index in [4.69, 9.17) is 9.47 Å². The van der Waals surface area contributed by atoms with Crippen molar-refractivity contribution in [2.75, 3.05) is 13.2 Å². The Labute approximate surface area is 229 Å². The average Bonchev–Trinajstić information content (AvgIpc) is 2.85. The van der Waals surface area contributed by atoms with E-state index in [0.717, 1.165) is 50.4 Å². The van der Waals surface area contributed by atoms with E-state index >= 15 is 0 Å². The summed E-state index contributed by atoms with van der Waals surface area (Å²) in [7, 11) is 0. The van der Waals surface area contributed by atoms with Crippen LogP contribution in [0.2, 0.25) is 0 Å². The molecule has 5 heteroatoms. The van der Waals surface area contributed by atoms with Gasteiger partial charge in [0.2, 0.25) is 0 Å². The molecule has 0 aliphatic rings. The van der Waals surface area contributed by atoms with Crippen LogP contribution in [0.15, 0.2) is 0 Å². The zero-order valence-corrected chi connectivity index (χ0v) is 25.1. The highest BCUT2D eigenvalue weighted by Crippen LogP contribution is 2.15. The van der Waals surface area contributed by atoms with Crippen LogP contribution < -0.4 is 0 Å². The summed E-state index contributed by atoms with van der Waals surface area (Å²) in [6.07, 6.45) is 23.0. The van der Waals surface area contributed by atoms with Gasteiger partial charge < -0.3 is 14.6 Å². The number of ether oxygens (including phenoxy) is 2. The number of esters is 2. The van der Waals surface area contributed by atoms with E-state index in [1.54, 1.807) is 0 Å². The van der Waals surface area contributed by atoms with Crippen LogP contribution in [0, 0.1) is 11.8 Å². The lowest BCUT2D eigenvalue weighted by atomic mass is 10.0. The number of aliphatic hydroxyl groups is 1. The van der Waals surface area contributed by atoms with Gasteiger partial charge in [0.15, 0.2) is 6.10 Å². The third kappa shape index (κ3) is 27.7. The van der Waals surface area contributed by atoms with Crippen molar-refractivity contribution in [3.05, 3.63) is 0 Å². The Kier molecular flexibility index (Phi) is 25.7. The molecule has 0 spiro atoms. The second-order valence-electron chi connectivity index (χ2n) is 11.9. The lowest BCUT2D eigenvalue weighted by molar-refractivity contribution is -0.161. The minimum absolute atomic E-state index is 0.0608. The molecule has 0 bridgehead atoms. The maximum atomic E-state index is 12.0. The molecule has 0 fully saturated rings. The van der Waals surface area contributed by atoms with Crippen molar-refractivity contribution >= 4 is 11.9 Å². The lowest BCUT2D eigenvalue weighted by Gasteiger charge is -2.15. The molecule has 0 aromatic carbocycles. The van der Waals surface area contributed by atoms with Crippen molar-refractivity contribution in [2.24, 2.45) is 11.8 Å². The molecule has 0 rings (SSSR count). The van der Waals surface area contributed by atoms with E-state index in [1.807, 2.05) is 0 Å². The van der Waals surface area contributed by atoms with Crippen LogP contribution in [0.5, 0.6) is 0 Å². The van der Waals surface area contributed by atoms with E-state index < -0.39 is 6.10 Å². The Morgan fingerprint density at radius 2 is 0.892 bits per heavy atom. The summed E-state index contributed by atoms with van der Waals surface area (Å²) >= 11 is 0. The highest BCUT2D eigenvalue weighted by Gasteiger charge is 2.16. The molecule has 0 radical (unpaired) electrons. The molecule has 5 nitrogen and oxygen atoms in total. The summed E-state index contributed by atoms with van der Waals surface area (Å²) in [5.74, 6) is 1.04. The number of rotatable bonds is 27. The SMILES string of the molecule is CC(C)CCCCCCCCCCCC(=O)OC[C@H](CO)OC(=O)CCCCCCCCCCC(C)C. The first-order valence-corrected chi connectivity index (χ1v) is 15.8. The normalized spacial score (nSPS) is 12.3. The highest BCUT2D eigenvalue weighted by atomic mass is 16.6. The first-order valence-electron chi connectivity index (χ1n) is 15.8. The van der Waals surface area contributed by atoms with Crippen molar-refractivity contribution in [3.63, 3.8) is 0 Å². The maximum absolute atomic E-state index is 12.0. The molecular formula is C32H62O5. The molecule has 0 unspecified atom stereocenters. The Bertz CT molecular complexity index is 517. The third-order valence-corrected chi connectivity index (χ3v) is 7.01. The largest absolute Gasteiger partial charge is 0.462 e. The third-order valence-electron chi connectivity index (χ3n) is 7.01. The summed E-state index contributed by atoms with van der Waals surface area (Å²) in [5, 5.41) is 9.47. The van der Waals surface area contributed by atoms with Gasteiger partial charge in [0.25, 0.3) is 0 Å². The smallest absolute Gasteiger partial charge is 0.306 e. The van der Waals surface area contributed by atoms with Crippen molar-refractivity contribution < 1.29 is 24.2 Å². The van der Waals surface area contributed by atoms with E-state index in [9.17, 15) is 14.7 Å². The van der Waals surface area contributed by atoms with E-state index in [-0.39, 0.29) is 25.2 Å². The van der Waals surface area contributed by atoms with Gasteiger partial charge in [-0.05, 0) is 24.7 Å². The molecule has 1 atom stereocenters. The van der Waals surface area contributed by atoms with Crippen LogP contribution in [0.4, 0.5) is 0 Å². The average molecular weight is 527 g/mol. The lowest BCUT2D eigenvalue weighted by Crippen LogP contribution is -2.28. The van der Waals surface area contributed by atoms with Crippen LogP contribution in [0.1, 0.15) is 163 Å². The van der Waals surface area contributed by atoms with Crippen LogP contribution in [0.25, 0.3) is 0 Å². The maximum Gasteiger partial charge on any atom is 0.306 e. The molecule has 0 aromatic heterocycles. The van der Waals surface area contributed by atoms with Gasteiger partial charge in [-0.3, -0.25) is 9.59 Å². The number of aliphatic hydroxyl groups excluding tert-OH is 1. The summed E-state index contributed by atoms with van der Waals surface area (Å²) in [6.45, 7) is 8.75. The Morgan fingerprint density at radius 1 is 0.541 bits per heavy atom. The highest BCUT2D eigenvalue weighted by molar-refractivity contribution is 5.70. The van der Waals surface area contributed by atoms with Crippen molar-refractivity contribution in [1.82, 2.24) is 0 Å². The summed E-state index contributed by atoms with van der Waals surface area (Å²) in [5.41, 5.74) is 0. The molecule has 0 amide bonds. The Morgan fingerprint density at radius 3 is 1.27 bits per heavy atom. The first-order chi connectivity index (χ1) is 17.8. The molecule has 0 aromatic rings. The number of hydrogen-bond acceptors (Lipinski definition) is 5. The first kappa shape index (κ1) is 35.9. The van der Waals surface area contributed by atoms with Crippen molar-refractivity contribution in [2.45, 2.75) is 169 Å². The summed E-state index contributed by atoms with van der Waals surface area (Å²) in [6, 6.07) is 0. The van der Waals surface area contributed by atoms with Gasteiger partial charge in [-0.1, -0.05) is 137 Å². The predicted octanol–water partition coefficient (Wildman–Crippen LogP) is 8.94. The van der Waals surface area contributed by atoms with Gasteiger partial charge >= 0.3 is 11.9 Å². The predicted molar refractivity (Wildman–Crippen MR) is 155 cm³/mol. The zero-order valence-electron chi connectivity index (χ0n) is 25.1. The second-order valence-corrected chi connectivity index (χ2v) is 11.9. The number of carbonyl (C=O) groups excluding carboxylic acids is 2. The van der Waals surface area contributed by atoms with Gasteiger partial charge in [0.1, 0.15) is 6.61 Å². The molecule has 0 saturated heterocycles. The molecule has 0 aliphatic heterocycles. The molecule has 1 N–H and O–H groups in total. The fourth-order valence-corrected chi connectivity index (χ4v) is 4.57. The number of unbranched alkanes of at least 4 members (excludes halogenated alkanes) is 15. The zero-order chi connectivity index (χ0) is 27.6.